The quantitative estimate of drug-likeness (QED) is 0.174. The van der Waals surface area contributed by atoms with Crippen molar-refractivity contribution in [3.05, 3.63) is 59.7 Å². The number of methoxy groups -OCH3 is 1. The first-order valence-corrected chi connectivity index (χ1v) is 10.2. The molecule has 0 fully saturated rings. The number of halogens is 1. The summed E-state index contributed by atoms with van der Waals surface area (Å²) < 4.78 is 10.8. The molecule has 0 saturated heterocycles. The van der Waals surface area contributed by atoms with Crippen molar-refractivity contribution in [2.75, 3.05) is 39.2 Å². The maximum Gasteiger partial charge on any atom is 0.251 e. The van der Waals surface area contributed by atoms with Crippen molar-refractivity contribution >= 4 is 41.5 Å². The number of carbonyl (C=O) groups is 1. The van der Waals surface area contributed by atoms with Gasteiger partial charge in [0.2, 0.25) is 0 Å². The van der Waals surface area contributed by atoms with E-state index >= 15 is 0 Å². The standard InChI is InChI=1S/C23H32N4O3.HI/c1-4-12-25-22(28)19-9-5-8-18(15-19)17-26-23(24-2)27-20-10-6-11-21(16-20)30-14-7-13-29-3;/h5-6,8-11,15-16H,4,7,12-14,17H2,1-3H3,(H,25,28)(H2,24,26,27);1H. The lowest BCUT2D eigenvalue weighted by atomic mass is 10.1. The Morgan fingerprint density at radius 2 is 1.87 bits per heavy atom. The minimum Gasteiger partial charge on any atom is -0.493 e. The van der Waals surface area contributed by atoms with Gasteiger partial charge in [-0.2, -0.15) is 0 Å². The van der Waals surface area contributed by atoms with Crippen LogP contribution in [0.5, 0.6) is 5.75 Å². The van der Waals surface area contributed by atoms with Crippen molar-refractivity contribution in [1.82, 2.24) is 10.6 Å². The highest BCUT2D eigenvalue weighted by molar-refractivity contribution is 14.0. The van der Waals surface area contributed by atoms with Gasteiger partial charge in [-0.3, -0.25) is 9.79 Å². The number of hydrogen-bond acceptors (Lipinski definition) is 4. The monoisotopic (exact) mass is 540 g/mol. The summed E-state index contributed by atoms with van der Waals surface area (Å²) in [5, 5.41) is 9.43. The van der Waals surface area contributed by atoms with Crippen LogP contribution in [0.3, 0.4) is 0 Å². The summed E-state index contributed by atoms with van der Waals surface area (Å²) in [4.78, 5) is 16.4. The number of nitrogens with one attached hydrogen (secondary N) is 3. The van der Waals surface area contributed by atoms with E-state index in [1.165, 1.54) is 0 Å². The molecule has 2 aromatic carbocycles. The number of nitrogens with zero attached hydrogens (tertiary/aromatic N) is 1. The van der Waals surface area contributed by atoms with Crippen LogP contribution in [0.1, 0.15) is 35.7 Å². The predicted molar refractivity (Wildman–Crippen MR) is 137 cm³/mol. The van der Waals surface area contributed by atoms with Gasteiger partial charge in [0.05, 0.1) is 6.61 Å². The molecule has 0 atom stereocenters. The van der Waals surface area contributed by atoms with Gasteiger partial charge in [-0.15, -0.1) is 24.0 Å². The number of ether oxygens (including phenoxy) is 2. The number of anilines is 1. The summed E-state index contributed by atoms with van der Waals surface area (Å²) in [6.07, 6.45) is 1.75. The first kappa shape index (κ1) is 26.7. The Kier molecular flexibility index (Phi) is 13.3. The highest BCUT2D eigenvalue weighted by Gasteiger charge is 2.06. The van der Waals surface area contributed by atoms with Crippen LogP contribution in [-0.2, 0) is 11.3 Å². The number of aliphatic imine (C=N–C) groups is 1. The second-order valence-corrected chi connectivity index (χ2v) is 6.73. The number of amides is 1. The molecule has 1 amide bonds. The van der Waals surface area contributed by atoms with Crippen LogP contribution in [-0.4, -0.2) is 45.8 Å². The van der Waals surface area contributed by atoms with Crippen LogP contribution in [0, 0.1) is 0 Å². The zero-order valence-electron chi connectivity index (χ0n) is 18.4. The molecule has 0 aromatic heterocycles. The fourth-order valence-electron chi connectivity index (χ4n) is 2.72. The molecule has 31 heavy (non-hydrogen) atoms. The molecule has 0 aliphatic carbocycles. The van der Waals surface area contributed by atoms with Gasteiger partial charge in [0, 0.05) is 57.6 Å². The number of hydrogen-bond donors (Lipinski definition) is 3. The summed E-state index contributed by atoms with van der Waals surface area (Å²) in [5.41, 5.74) is 2.53. The van der Waals surface area contributed by atoms with E-state index in [9.17, 15) is 4.79 Å². The molecule has 0 aliphatic rings. The zero-order valence-corrected chi connectivity index (χ0v) is 20.8. The molecular formula is C23H33IN4O3. The molecule has 2 aromatic rings. The van der Waals surface area contributed by atoms with E-state index in [4.69, 9.17) is 9.47 Å². The lowest BCUT2D eigenvalue weighted by molar-refractivity contribution is 0.0953. The number of carbonyl (C=O) groups excluding carboxylic acids is 1. The van der Waals surface area contributed by atoms with Crippen LogP contribution >= 0.6 is 24.0 Å². The Hall–Kier alpha value is -2.33. The Labute approximate surface area is 202 Å². The summed E-state index contributed by atoms with van der Waals surface area (Å²) in [5.74, 6) is 1.37. The Morgan fingerprint density at radius 1 is 1.06 bits per heavy atom. The van der Waals surface area contributed by atoms with Gasteiger partial charge in [-0.05, 0) is 36.2 Å². The summed E-state index contributed by atoms with van der Waals surface area (Å²) in [7, 11) is 3.40. The van der Waals surface area contributed by atoms with Crippen molar-refractivity contribution in [2.24, 2.45) is 4.99 Å². The molecule has 7 nitrogen and oxygen atoms in total. The average Bonchev–Trinajstić information content (AvgIpc) is 2.78. The van der Waals surface area contributed by atoms with E-state index in [1.807, 2.05) is 55.5 Å². The van der Waals surface area contributed by atoms with E-state index in [0.717, 1.165) is 29.8 Å². The third-order valence-electron chi connectivity index (χ3n) is 4.27. The summed E-state index contributed by atoms with van der Waals surface area (Å²) in [6.45, 7) is 4.53. The molecular weight excluding hydrogens is 507 g/mol. The van der Waals surface area contributed by atoms with Gasteiger partial charge >= 0.3 is 0 Å². The lowest BCUT2D eigenvalue weighted by Crippen LogP contribution is -2.30. The highest BCUT2D eigenvalue weighted by atomic mass is 127. The number of rotatable bonds is 11. The summed E-state index contributed by atoms with van der Waals surface area (Å²) in [6, 6.07) is 15.3. The minimum absolute atomic E-state index is 0. The molecule has 0 heterocycles. The van der Waals surface area contributed by atoms with E-state index in [2.05, 4.69) is 20.9 Å². The second-order valence-electron chi connectivity index (χ2n) is 6.73. The third kappa shape index (κ3) is 10.0. The van der Waals surface area contributed by atoms with Crippen LogP contribution in [0.2, 0.25) is 0 Å². The maximum atomic E-state index is 12.1. The van der Waals surface area contributed by atoms with Gasteiger partial charge in [0.15, 0.2) is 5.96 Å². The fourth-order valence-corrected chi connectivity index (χ4v) is 2.72. The first-order chi connectivity index (χ1) is 14.7. The van der Waals surface area contributed by atoms with Crippen LogP contribution < -0.4 is 20.7 Å². The van der Waals surface area contributed by atoms with Crippen LogP contribution in [0.25, 0.3) is 0 Å². The van der Waals surface area contributed by atoms with E-state index in [0.29, 0.717) is 37.8 Å². The molecule has 0 radical (unpaired) electrons. The minimum atomic E-state index is -0.0523. The van der Waals surface area contributed by atoms with Crippen LogP contribution in [0.4, 0.5) is 5.69 Å². The topological polar surface area (TPSA) is 84.0 Å². The molecule has 2 rings (SSSR count). The van der Waals surface area contributed by atoms with E-state index in [1.54, 1.807) is 14.2 Å². The molecule has 170 valence electrons. The van der Waals surface area contributed by atoms with Gasteiger partial charge < -0.3 is 25.4 Å². The molecule has 0 bridgehead atoms. The highest BCUT2D eigenvalue weighted by Crippen LogP contribution is 2.17. The average molecular weight is 540 g/mol. The van der Waals surface area contributed by atoms with Crippen molar-refractivity contribution in [1.29, 1.82) is 0 Å². The predicted octanol–water partition coefficient (Wildman–Crippen LogP) is 4.05. The number of guanidine groups is 1. The molecule has 0 saturated carbocycles. The SMILES string of the molecule is CCCNC(=O)c1cccc(CNC(=NC)Nc2cccc(OCCCOC)c2)c1.I. The van der Waals surface area contributed by atoms with Crippen LogP contribution in [0.15, 0.2) is 53.5 Å². The molecule has 8 heteroatoms. The summed E-state index contributed by atoms with van der Waals surface area (Å²) >= 11 is 0. The Morgan fingerprint density at radius 3 is 2.61 bits per heavy atom. The van der Waals surface area contributed by atoms with Crippen molar-refractivity contribution in [3.8, 4) is 5.75 Å². The van der Waals surface area contributed by atoms with E-state index in [-0.39, 0.29) is 29.9 Å². The maximum absolute atomic E-state index is 12.1. The zero-order chi connectivity index (χ0) is 21.6. The second kappa shape index (κ2) is 15.5. The van der Waals surface area contributed by atoms with Crippen molar-refractivity contribution < 1.29 is 14.3 Å². The van der Waals surface area contributed by atoms with Gasteiger partial charge in [0.25, 0.3) is 5.91 Å². The third-order valence-corrected chi connectivity index (χ3v) is 4.27. The molecule has 3 N–H and O–H groups in total. The lowest BCUT2D eigenvalue weighted by Gasteiger charge is -2.14. The molecule has 0 spiro atoms. The fraction of sp³-hybridized carbons (Fsp3) is 0.391. The van der Waals surface area contributed by atoms with Gasteiger partial charge in [-0.25, -0.2) is 0 Å². The van der Waals surface area contributed by atoms with E-state index < -0.39 is 0 Å². The van der Waals surface area contributed by atoms with Crippen molar-refractivity contribution in [2.45, 2.75) is 26.3 Å². The molecule has 0 unspecified atom stereocenters. The first-order valence-electron chi connectivity index (χ1n) is 10.2. The number of benzene rings is 2. The Bertz CT molecular complexity index is 830. The normalized spacial score (nSPS) is 10.7. The van der Waals surface area contributed by atoms with Gasteiger partial charge in [-0.1, -0.05) is 25.1 Å². The molecule has 0 aliphatic heterocycles. The largest absolute Gasteiger partial charge is 0.493 e. The Balaban J connectivity index is 0.00000480. The van der Waals surface area contributed by atoms with Crippen molar-refractivity contribution in [3.63, 3.8) is 0 Å². The smallest absolute Gasteiger partial charge is 0.251 e. The van der Waals surface area contributed by atoms with Gasteiger partial charge in [0.1, 0.15) is 5.75 Å².